The van der Waals surface area contributed by atoms with Crippen molar-refractivity contribution in [1.29, 1.82) is 0 Å². The van der Waals surface area contributed by atoms with E-state index in [9.17, 15) is 19.4 Å². The number of rotatable bonds is 33. The Labute approximate surface area is 364 Å². The van der Waals surface area contributed by atoms with Crippen LogP contribution in [0.1, 0.15) is 205 Å². The van der Waals surface area contributed by atoms with Crippen LogP contribution in [0.2, 0.25) is 0 Å². The van der Waals surface area contributed by atoms with Crippen molar-refractivity contribution in [2.45, 2.75) is 205 Å². The number of carbonyl (C=O) groups is 1. The van der Waals surface area contributed by atoms with Crippen molar-refractivity contribution in [3.63, 3.8) is 0 Å². The largest absolute Gasteiger partial charge is 1.00 e. The molecule has 4 atom stereocenters. The van der Waals surface area contributed by atoms with E-state index in [-0.39, 0.29) is 77.4 Å². The topological polar surface area (TPSA) is 80.3 Å². The first kappa shape index (κ1) is 57.0. The maximum atomic E-state index is 13.0. The standard InChI is InChI=1S/C44H89O4P.2Na/c1-12-23-49(47,48)33-43(44(45)46)32-42(30-40(26-36(17-6)18-7)27-37(19-8)20-9)31-41(28-38(21-10)22-11)29-39(24-34(13-2)14-3)25-35(15-4)16-5;;/h34-43H,12-33H2,1-11H3,(H,45,46)(H,47,48);;/q;2*+1/p-2. The molecular formula is C44H87Na2O4P. The number of carboxylic acids is 1. The molecule has 0 rings (SSSR count). The van der Waals surface area contributed by atoms with E-state index in [4.69, 9.17) is 0 Å². The van der Waals surface area contributed by atoms with E-state index < -0.39 is 19.3 Å². The summed E-state index contributed by atoms with van der Waals surface area (Å²) in [5.41, 5.74) is 0. The smallest absolute Gasteiger partial charge is 0.799 e. The Morgan fingerprint density at radius 1 is 0.431 bits per heavy atom. The molecule has 0 aromatic heterocycles. The van der Waals surface area contributed by atoms with Crippen LogP contribution < -0.4 is 69.1 Å². The van der Waals surface area contributed by atoms with Crippen molar-refractivity contribution in [2.24, 2.45) is 59.2 Å². The number of carbonyl (C=O) groups excluding carboxylic acids is 1. The van der Waals surface area contributed by atoms with Crippen molar-refractivity contribution in [3.05, 3.63) is 0 Å². The van der Waals surface area contributed by atoms with Crippen molar-refractivity contribution in [1.82, 2.24) is 0 Å². The van der Waals surface area contributed by atoms with E-state index in [1.165, 1.54) is 103 Å². The fraction of sp³-hybridized carbons (Fsp3) is 0.977. The molecule has 0 aromatic carbocycles. The van der Waals surface area contributed by atoms with Crippen LogP contribution in [0.3, 0.4) is 0 Å². The van der Waals surface area contributed by atoms with Crippen LogP contribution in [-0.4, -0.2) is 18.3 Å². The second-order valence-corrected chi connectivity index (χ2v) is 19.2. The molecule has 7 heteroatoms. The first-order chi connectivity index (χ1) is 23.3. The minimum atomic E-state index is -3.76. The van der Waals surface area contributed by atoms with Gasteiger partial charge in [0.15, 0.2) is 0 Å². The van der Waals surface area contributed by atoms with Crippen LogP contribution in [-0.2, 0) is 9.36 Å². The quantitative estimate of drug-likeness (QED) is 0.0562. The Kier molecular flexibility index (Phi) is 37.7. The van der Waals surface area contributed by atoms with Crippen LogP contribution in [0.4, 0.5) is 0 Å². The molecule has 0 N–H and O–H groups in total. The summed E-state index contributed by atoms with van der Waals surface area (Å²) in [4.78, 5) is 25.7. The molecule has 0 saturated heterocycles. The molecule has 0 radical (unpaired) electrons. The first-order valence-corrected chi connectivity index (χ1v) is 23.8. The molecule has 0 spiro atoms. The Morgan fingerprint density at radius 2 is 0.647 bits per heavy atom. The summed E-state index contributed by atoms with van der Waals surface area (Å²) in [7, 11) is -3.76. The van der Waals surface area contributed by atoms with Crippen molar-refractivity contribution >= 4 is 13.3 Å². The summed E-state index contributed by atoms with van der Waals surface area (Å²) in [6.45, 7) is 25.2. The van der Waals surface area contributed by atoms with Crippen molar-refractivity contribution in [2.75, 3.05) is 12.3 Å². The summed E-state index contributed by atoms with van der Waals surface area (Å²) < 4.78 is 13.0. The summed E-state index contributed by atoms with van der Waals surface area (Å²) in [5, 5.41) is 12.7. The summed E-state index contributed by atoms with van der Waals surface area (Å²) in [6, 6.07) is 0. The van der Waals surface area contributed by atoms with Gasteiger partial charge in [0.25, 0.3) is 0 Å². The van der Waals surface area contributed by atoms with Gasteiger partial charge in [0, 0.05) is 19.3 Å². The van der Waals surface area contributed by atoms with Gasteiger partial charge in [-0.2, -0.15) is 0 Å². The molecule has 0 bridgehead atoms. The third kappa shape index (κ3) is 25.5. The van der Waals surface area contributed by atoms with Crippen LogP contribution in [0, 0.1) is 59.2 Å². The normalized spacial score (nSPS) is 15.1. The number of hydrogen-bond donors (Lipinski definition) is 0. The van der Waals surface area contributed by atoms with Gasteiger partial charge in [0.1, 0.15) is 0 Å². The summed E-state index contributed by atoms with van der Waals surface area (Å²) in [6.07, 6.45) is 22.4. The van der Waals surface area contributed by atoms with Gasteiger partial charge in [0.2, 0.25) is 0 Å². The van der Waals surface area contributed by atoms with Gasteiger partial charge in [-0.15, -0.1) is 0 Å². The van der Waals surface area contributed by atoms with E-state index in [2.05, 4.69) is 69.2 Å². The Bertz CT molecular complexity index is 809. The maximum absolute atomic E-state index is 13.0. The van der Waals surface area contributed by atoms with Crippen LogP contribution in [0.25, 0.3) is 0 Å². The minimum absolute atomic E-state index is 0. The second-order valence-electron chi connectivity index (χ2n) is 16.7. The molecule has 294 valence electrons. The molecule has 0 saturated carbocycles. The number of carboxylic acid groups (broad SMARTS) is 1. The van der Waals surface area contributed by atoms with E-state index in [1.54, 1.807) is 0 Å². The van der Waals surface area contributed by atoms with Gasteiger partial charge in [-0.05, 0) is 123 Å². The van der Waals surface area contributed by atoms with Gasteiger partial charge in [-0.1, -0.05) is 147 Å². The maximum Gasteiger partial charge on any atom is 1.00 e. The average Bonchev–Trinajstić information content (AvgIpc) is 3.08. The molecule has 0 aliphatic rings. The molecular weight excluding hydrogens is 669 g/mol. The molecule has 0 amide bonds. The molecule has 0 aromatic rings. The number of aliphatic carboxylic acids is 1. The van der Waals surface area contributed by atoms with Gasteiger partial charge < -0.3 is 19.4 Å². The molecule has 51 heavy (non-hydrogen) atoms. The van der Waals surface area contributed by atoms with E-state index in [0.717, 1.165) is 24.7 Å². The third-order valence-corrected chi connectivity index (χ3v) is 15.2. The fourth-order valence-electron chi connectivity index (χ4n) is 9.45. The minimum Gasteiger partial charge on any atom is -0.799 e. The zero-order valence-corrected chi connectivity index (χ0v) is 41.8. The van der Waals surface area contributed by atoms with Gasteiger partial charge in [0.05, 0.1) is 0 Å². The molecule has 0 aliphatic heterocycles. The first-order valence-electron chi connectivity index (χ1n) is 21.8. The van der Waals surface area contributed by atoms with Crippen LogP contribution in [0.15, 0.2) is 0 Å². The summed E-state index contributed by atoms with van der Waals surface area (Å²) in [5.74, 6) is 3.51. The van der Waals surface area contributed by atoms with Gasteiger partial charge in [-0.3, -0.25) is 0 Å². The van der Waals surface area contributed by atoms with E-state index in [1.807, 2.05) is 6.92 Å². The monoisotopic (exact) mass is 757 g/mol. The van der Waals surface area contributed by atoms with Crippen LogP contribution >= 0.6 is 7.37 Å². The second kappa shape index (κ2) is 33.8. The Balaban J connectivity index is -0.0000115. The average molecular weight is 757 g/mol. The molecule has 4 nitrogen and oxygen atoms in total. The fourth-order valence-corrected chi connectivity index (χ4v) is 11.3. The van der Waals surface area contributed by atoms with Crippen molar-refractivity contribution < 1.29 is 78.5 Å². The third-order valence-electron chi connectivity index (χ3n) is 13.1. The zero-order valence-electron chi connectivity index (χ0n) is 36.9. The SMILES string of the molecule is CCCP(=O)([O-])CC(CC(CC(CC(CC)CC)CC(CC)CC)CC(CC(CC)CC)CC(CC(CC)CC)CC(CC)CC)C(=O)[O-].[Na+].[Na+]. The Hall–Kier alpha value is 1.66. The number of hydrogen-bond acceptors (Lipinski definition) is 4. The van der Waals surface area contributed by atoms with Crippen molar-refractivity contribution in [3.8, 4) is 0 Å². The molecule has 0 heterocycles. The Morgan fingerprint density at radius 3 is 0.843 bits per heavy atom. The summed E-state index contributed by atoms with van der Waals surface area (Å²) >= 11 is 0. The van der Waals surface area contributed by atoms with Crippen LogP contribution in [0.5, 0.6) is 0 Å². The predicted octanol–water partition coefficient (Wildman–Crippen LogP) is 6.57. The van der Waals surface area contributed by atoms with E-state index in [0.29, 0.717) is 48.3 Å². The van der Waals surface area contributed by atoms with E-state index >= 15 is 0 Å². The van der Waals surface area contributed by atoms with Gasteiger partial charge in [-0.25, -0.2) is 0 Å². The van der Waals surface area contributed by atoms with Gasteiger partial charge >= 0.3 is 59.1 Å². The molecule has 4 unspecified atom stereocenters. The predicted molar refractivity (Wildman–Crippen MR) is 212 cm³/mol. The molecule has 0 fully saturated rings. The zero-order chi connectivity index (χ0) is 37.4. The molecule has 0 aliphatic carbocycles.